The number of fused-ring (bicyclic) bond motifs is 1. The number of quaternary nitrogens is 1. The van der Waals surface area contributed by atoms with Gasteiger partial charge in [0.05, 0.1) is 66.6 Å². The van der Waals surface area contributed by atoms with Crippen LogP contribution in [0.2, 0.25) is 0 Å². The van der Waals surface area contributed by atoms with Crippen molar-refractivity contribution >= 4 is 51.4 Å². The van der Waals surface area contributed by atoms with Crippen LogP contribution in [-0.2, 0) is 75.3 Å². The lowest BCUT2D eigenvalue weighted by Crippen LogP contribution is -2.70. The third-order valence-electron chi connectivity index (χ3n) is 17.2. The monoisotopic (exact) mass is 1400 g/mol. The summed E-state index contributed by atoms with van der Waals surface area (Å²) in [6, 6.07) is 53.1. The molecule has 7 aromatic rings. The summed E-state index contributed by atoms with van der Waals surface area (Å²) >= 11 is 1.42. The van der Waals surface area contributed by atoms with E-state index in [9.17, 15) is 14.4 Å². The molecule has 0 spiro atoms. The quantitative estimate of drug-likeness (QED) is 0.00745. The molecule has 0 aliphatic carbocycles. The van der Waals surface area contributed by atoms with Crippen molar-refractivity contribution in [3.63, 3.8) is 0 Å². The SMILES string of the molecule is COCCOCOc1c(F)cc(C(ON=S2C=C(CC(=O)N[C@H]3C(=O)N4C(C(=O)OCc5ccc(OC)cc5)=C(C=CC[N+]5(C)CCCC5)CSC34)NC2=NC(c2ccccc2)(c2ccccc2)c2ccccc2)C(=O)OC(c2ccccc2)c2ccccc2)c(F)c1OCOCCOC. The zero-order chi connectivity index (χ0) is 69.9. The maximum absolute atomic E-state index is 17.9. The van der Waals surface area contributed by atoms with Gasteiger partial charge >= 0.3 is 11.9 Å². The molecule has 4 aliphatic heterocycles. The van der Waals surface area contributed by atoms with E-state index in [2.05, 4.69) is 23.8 Å². The van der Waals surface area contributed by atoms with Gasteiger partial charge in [-0.1, -0.05) is 174 Å². The summed E-state index contributed by atoms with van der Waals surface area (Å²) in [6.45, 7) is 2.00. The van der Waals surface area contributed by atoms with Crippen LogP contribution in [0.15, 0.2) is 226 Å². The summed E-state index contributed by atoms with van der Waals surface area (Å²) in [4.78, 5) is 72.4. The van der Waals surface area contributed by atoms with Gasteiger partial charge in [0.15, 0.2) is 36.5 Å². The predicted molar refractivity (Wildman–Crippen MR) is 374 cm³/mol. The van der Waals surface area contributed by atoms with E-state index in [1.165, 1.54) is 30.9 Å². The molecule has 4 aliphatic rings. The summed E-state index contributed by atoms with van der Waals surface area (Å²) in [6.07, 6.45) is 2.55. The number of methoxy groups -OCH3 is 3. The topological polar surface area (TPSA) is 213 Å². The van der Waals surface area contributed by atoms with E-state index in [0.29, 0.717) is 28.2 Å². The first kappa shape index (κ1) is 71.9. The Kier molecular flexibility index (Phi) is 24.9. The molecule has 7 aromatic carbocycles. The molecule has 0 saturated carbocycles. The summed E-state index contributed by atoms with van der Waals surface area (Å²) in [5.41, 5.74) is 2.92. The number of hydrogen-bond acceptors (Lipinski definition) is 17. The Hall–Kier alpha value is -9.37. The molecule has 2 saturated heterocycles. The third kappa shape index (κ3) is 17.3. The van der Waals surface area contributed by atoms with Gasteiger partial charge in [-0.15, -0.1) is 11.8 Å². The number of esters is 2. The number of amides is 2. The molecule has 3 unspecified atom stereocenters. The second-order valence-corrected chi connectivity index (χ2v) is 26.5. The van der Waals surface area contributed by atoms with Crippen molar-refractivity contribution in [2.24, 2.45) is 9.52 Å². The highest BCUT2D eigenvalue weighted by Gasteiger charge is 2.54. The maximum atomic E-state index is 17.9. The van der Waals surface area contributed by atoms with Crippen molar-refractivity contribution in [3.05, 3.63) is 267 Å². The number of nitrogens with one attached hydrogen (secondary N) is 2. The van der Waals surface area contributed by atoms with Gasteiger partial charge in [-0.3, -0.25) is 14.5 Å². The number of allylic oxidation sites excluding steroid dienone is 1. The molecule has 2 amide bonds. The van der Waals surface area contributed by atoms with Crippen LogP contribution in [-0.4, -0.2) is 143 Å². The Balaban J connectivity index is 0.970. The van der Waals surface area contributed by atoms with E-state index in [1.807, 2.05) is 97.1 Å². The Labute approximate surface area is 586 Å². The number of halogens is 2. The number of nitrogens with zero attached hydrogens (tertiary/aromatic N) is 4. The zero-order valence-electron chi connectivity index (χ0n) is 55.8. The van der Waals surface area contributed by atoms with Crippen molar-refractivity contribution in [2.45, 2.75) is 55.0 Å². The van der Waals surface area contributed by atoms with E-state index >= 15 is 13.6 Å². The van der Waals surface area contributed by atoms with E-state index in [-0.39, 0.29) is 56.0 Å². The number of likely N-dealkylation sites (tertiary alicyclic amines) is 1. The fourth-order valence-electron chi connectivity index (χ4n) is 12.1. The fourth-order valence-corrected chi connectivity index (χ4v) is 14.7. The number of β-lactam (4-membered cyclic amide) rings is 1. The molecule has 0 bridgehead atoms. The number of hydrogen-bond donors (Lipinski definition) is 2. The van der Waals surface area contributed by atoms with Crippen molar-refractivity contribution in [1.29, 1.82) is 0 Å². The van der Waals surface area contributed by atoms with Crippen LogP contribution in [0, 0.1) is 11.6 Å². The lowest BCUT2D eigenvalue weighted by Gasteiger charge is -2.49. The molecule has 24 heteroatoms. The number of thioether (sulfide) groups is 1. The Bertz CT molecular complexity index is 3980. The molecule has 522 valence electrons. The molecular formula is C76H79F2N6O14S2+. The van der Waals surface area contributed by atoms with Crippen molar-refractivity contribution in [3.8, 4) is 17.2 Å². The van der Waals surface area contributed by atoms with Crippen LogP contribution >= 0.6 is 11.8 Å². The van der Waals surface area contributed by atoms with E-state index < -0.39 is 106 Å². The van der Waals surface area contributed by atoms with Gasteiger partial charge in [0, 0.05) is 60.2 Å². The van der Waals surface area contributed by atoms with Crippen LogP contribution in [0.4, 0.5) is 8.78 Å². The van der Waals surface area contributed by atoms with Gasteiger partial charge in [0.2, 0.25) is 23.5 Å². The zero-order valence-corrected chi connectivity index (χ0v) is 57.5. The maximum Gasteiger partial charge on any atom is 0.355 e. The smallest absolute Gasteiger partial charge is 0.355 e. The predicted octanol–water partition coefficient (Wildman–Crippen LogP) is 11.5. The van der Waals surface area contributed by atoms with Gasteiger partial charge in [0.25, 0.3) is 5.91 Å². The highest BCUT2D eigenvalue weighted by atomic mass is 32.2. The Morgan fingerprint density at radius 3 is 1.87 bits per heavy atom. The second kappa shape index (κ2) is 34.6. The van der Waals surface area contributed by atoms with Crippen molar-refractivity contribution in [1.82, 2.24) is 15.5 Å². The summed E-state index contributed by atoms with van der Waals surface area (Å²) in [5.74, 6) is -5.95. The molecule has 11 rings (SSSR count). The van der Waals surface area contributed by atoms with Crippen molar-refractivity contribution in [2.75, 3.05) is 93.8 Å². The molecule has 0 aromatic heterocycles. The number of ether oxygens (including phenoxy) is 9. The third-order valence-corrected chi connectivity index (χ3v) is 19.9. The molecule has 4 heterocycles. The standard InChI is InChI=1S/C76H78F2N6O14S2/c1-84(38-20-21-39-84)40-22-27-55-48-99-72-65(71(86)83(72)66(55)73(87)94-47-52-34-36-60(91-4)37-35-52)80-63(85)45-59-49-100(75(79-59)81-76(56-28-14-7-15-29-56,57-30-16-8-17-31-57)58-32-18-9-19-33-58)82-98-68(74(88)97-67(53-23-10-5-11-24-53)54-25-12-6-13-26-54)61-46-62(77)69(95-50-92-43-41-89-2)70(64(61)78)96-51-93-44-42-90-3/h5-19,22-37,46,49,65,67-68,72H,20-21,38-45,47-48,50-51H2,1-4H3,(H-,79,80,81,85)/p+1/t65-,68?,72?,100?/m0/s1. The number of aliphatic imine (C=N–C) groups is 1. The second-order valence-electron chi connectivity index (χ2n) is 24.0. The molecular weight excluding hydrogens is 1320 g/mol. The van der Waals surface area contributed by atoms with Gasteiger partial charge in [-0.05, 0) is 63.2 Å². The first-order valence-corrected chi connectivity index (χ1v) is 34.9. The lowest BCUT2D eigenvalue weighted by atomic mass is 9.77. The van der Waals surface area contributed by atoms with Gasteiger partial charge in [0.1, 0.15) is 35.0 Å². The minimum atomic E-state index is -2.20. The molecule has 100 heavy (non-hydrogen) atoms. The lowest BCUT2D eigenvalue weighted by molar-refractivity contribution is -0.891. The molecule has 20 nitrogen and oxygen atoms in total. The number of rotatable bonds is 33. The van der Waals surface area contributed by atoms with E-state index in [4.69, 9.17) is 57.0 Å². The first-order chi connectivity index (χ1) is 48.8. The van der Waals surface area contributed by atoms with Crippen LogP contribution in [0.25, 0.3) is 0 Å². The summed E-state index contributed by atoms with van der Waals surface area (Å²) in [5, 5.41) is 7.35. The average molecular weight is 1400 g/mol. The summed E-state index contributed by atoms with van der Waals surface area (Å²) in [7, 11) is 4.96. The number of likely N-dealkylation sites (N-methyl/N-ethyl adjacent to an activating group) is 1. The molecule has 2 fully saturated rings. The average Bonchev–Trinajstić information content (AvgIpc) is 1.09. The van der Waals surface area contributed by atoms with Crippen LogP contribution in [0.1, 0.15) is 70.4 Å². The number of carbonyl (C=O) groups is 4. The normalized spacial score (nSPS) is 17.9. The van der Waals surface area contributed by atoms with E-state index in [0.717, 1.165) is 65.3 Å². The van der Waals surface area contributed by atoms with Gasteiger partial charge in [-0.25, -0.2) is 28.2 Å². The Morgan fingerprint density at radius 2 is 1.31 bits per heavy atom. The number of benzene rings is 7. The van der Waals surface area contributed by atoms with E-state index in [1.54, 1.807) is 97.4 Å². The minimum Gasteiger partial charge on any atom is -0.497 e. The van der Waals surface area contributed by atoms with Crippen LogP contribution in [0.5, 0.6) is 17.2 Å². The molecule has 0 radical (unpaired) electrons. The largest absolute Gasteiger partial charge is 0.497 e. The number of amidine groups is 1. The summed E-state index contributed by atoms with van der Waals surface area (Å²) < 4.78 is 90.7. The minimum absolute atomic E-state index is 0.0178. The first-order valence-electron chi connectivity index (χ1n) is 32.6. The number of carbonyl (C=O) groups excluding carboxylic acids is 4. The van der Waals surface area contributed by atoms with Gasteiger partial charge < -0.3 is 57.7 Å². The molecule has 2 N–H and O–H groups in total. The fraction of sp³-hybridized carbons (Fsp3) is 0.303. The van der Waals surface area contributed by atoms with Crippen LogP contribution < -0.4 is 24.8 Å². The highest BCUT2D eigenvalue weighted by Crippen LogP contribution is 2.45. The van der Waals surface area contributed by atoms with Gasteiger partial charge in [-0.2, -0.15) is 0 Å². The van der Waals surface area contributed by atoms with Crippen LogP contribution in [0.3, 0.4) is 0 Å². The Morgan fingerprint density at radius 1 is 0.750 bits per heavy atom. The van der Waals surface area contributed by atoms with Crippen molar-refractivity contribution < 1.29 is 79.9 Å². The molecule has 4 atom stereocenters. The highest BCUT2D eigenvalue weighted by molar-refractivity contribution is 8.05.